The average Bonchev–Trinajstić information content (AvgIpc) is 3.57. The minimum atomic E-state index is -0.391. The molecule has 1 heterocycles. The third-order valence-corrected chi connectivity index (χ3v) is 5.98. The van der Waals surface area contributed by atoms with Crippen LogP contribution in [0.25, 0.3) is 17.1 Å². The molecule has 178 valence electrons. The van der Waals surface area contributed by atoms with Crippen molar-refractivity contribution in [1.29, 1.82) is 0 Å². The van der Waals surface area contributed by atoms with Gasteiger partial charge in [0.25, 0.3) is 0 Å². The first kappa shape index (κ1) is 22.8. The first-order valence-electron chi connectivity index (χ1n) is 11.8. The average molecular weight is 471 g/mol. The largest absolute Gasteiger partial charge is 0.462 e. The minimum Gasteiger partial charge on any atom is -0.462 e. The maximum Gasteiger partial charge on any atom is 0.336 e. The third kappa shape index (κ3) is 5.09. The Kier molecular flexibility index (Phi) is 6.31. The predicted molar refractivity (Wildman–Crippen MR) is 133 cm³/mol. The van der Waals surface area contributed by atoms with Crippen molar-refractivity contribution in [1.82, 2.24) is 14.8 Å². The van der Waals surface area contributed by atoms with Gasteiger partial charge in [-0.15, -0.1) is 5.10 Å². The van der Waals surface area contributed by atoms with E-state index in [1.54, 1.807) is 22.9 Å². The standard InChI is InChI=1S/C28H27FN4O2/c1-18(2)17-35-28-31-26(22-10-6-7-11-25(22)29)33(32-28)21-14-12-20(13-15-21)30-27(34)24-16-23(24)19-8-4-3-5-9-19/h3-15,18,23-24H,16-17H2,1-2H3,(H,30,34)/t23-,24?/m0/s1. The lowest BCUT2D eigenvalue weighted by atomic mass is 10.1. The zero-order chi connectivity index (χ0) is 24.4. The van der Waals surface area contributed by atoms with Crippen molar-refractivity contribution in [3.63, 3.8) is 0 Å². The SMILES string of the molecule is CC(C)COc1nc(-c2ccccc2F)n(-c2ccc(NC(=O)C3C[C@H]3c3ccccc3)cc2)n1. The highest BCUT2D eigenvalue weighted by atomic mass is 19.1. The van der Waals surface area contributed by atoms with Crippen LogP contribution in [0.3, 0.4) is 0 Å². The Morgan fingerprint density at radius 1 is 1.06 bits per heavy atom. The molecule has 0 spiro atoms. The van der Waals surface area contributed by atoms with Crippen molar-refractivity contribution in [2.45, 2.75) is 26.2 Å². The summed E-state index contributed by atoms with van der Waals surface area (Å²) in [5.41, 5.74) is 2.91. The molecular weight excluding hydrogens is 443 g/mol. The summed E-state index contributed by atoms with van der Waals surface area (Å²) in [5, 5.41) is 7.48. The molecule has 1 aliphatic carbocycles. The van der Waals surface area contributed by atoms with Crippen LogP contribution < -0.4 is 10.1 Å². The Balaban J connectivity index is 1.35. The highest BCUT2D eigenvalue weighted by molar-refractivity contribution is 5.95. The molecule has 0 aliphatic heterocycles. The number of rotatable bonds is 8. The second kappa shape index (κ2) is 9.70. The van der Waals surface area contributed by atoms with Crippen LogP contribution in [0.15, 0.2) is 78.9 Å². The molecule has 1 N–H and O–H groups in total. The molecule has 0 saturated heterocycles. The number of aromatic nitrogens is 3. The molecule has 2 atom stereocenters. The van der Waals surface area contributed by atoms with E-state index in [4.69, 9.17) is 4.74 Å². The van der Waals surface area contributed by atoms with Gasteiger partial charge in [-0.1, -0.05) is 56.3 Å². The number of nitrogens with one attached hydrogen (secondary N) is 1. The van der Waals surface area contributed by atoms with Crippen molar-refractivity contribution < 1.29 is 13.9 Å². The van der Waals surface area contributed by atoms with Gasteiger partial charge in [0.2, 0.25) is 5.91 Å². The third-order valence-electron chi connectivity index (χ3n) is 5.98. The first-order chi connectivity index (χ1) is 17.0. The fraction of sp³-hybridized carbons (Fsp3) is 0.250. The molecule has 3 aromatic carbocycles. The van der Waals surface area contributed by atoms with Gasteiger partial charge in [0, 0.05) is 11.6 Å². The van der Waals surface area contributed by atoms with Crippen molar-refractivity contribution in [2.75, 3.05) is 11.9 Å². The summed E-state index contributed by atoms with van der Waals surface area (Å²) < 4.78 is 21.8. The molecule has 0 radical (unpaired) electrons. The second-order valence-corrected chi connectivity index (χ2v) is 9.21. The molecule has 1 aromatic heterocycles. The molecular formula is C28H27FN4O2. The maximum absolute atomic E-state index is 14.6. The van der Waals surface area contributed by atoms with Crippen LogP contribution in [0, 0.1) is 17.7 Å². The van der Waals surface area contributed by atoms with Crippen LogP contribution in [0.5, 0.6) is 6.01 Å². The van der Waals surface area contributed by atoms with Gasteiger partial charge in [-0.2, -0.15) is 4.98 Å². The summed E-state index contributed by atoms with van der Waals surface area (Å²) in [4.78, 5) is 17.2. The van der Waals surface area contributed by atoms with Gasteiger partial charge in [0.15, 0.2) is 5.82 Å². The van der Waals surface area contributed by atoms with E-state index >= 15 is 0 Å². The Hall–Kier alpha value is -4.00. The molecule has 1 fully saturated rings. The van der Waals surface area contributed by atoms with Crippen LogP contribution in [-0.4, -0.2) is 27.3 Å². The Morgan fingerprint density at radius 2 is 1.77 bits per heavy atom. The van der Waals surface area contributed by atoms with Gasteiger partial charge >= 0.3 is 6.01 Å². The van der Waals surface area contributed by atoms with E-state index in [1.165, 1.54) is 11.6 Å². The van der Waals surface area contributed by atoms with Crippen LogP contribution in [0.1, 0.15) is 31.7 Å². The van der Waals surface area contributed by atoms with Crippen LogP contribution in [0.4, 0.5) is 10.1 Å². The number of hydrogen-bond acceptors (Lipinski definition) is 4. The van der Waals surface area contributed by atoms with Gasteiger partial charge < -0.3 is 10.1 Å². The number of nitrogens with zero attached hydrogens (tertiary/aromatic N) is 3. The quantitative estimate of drug-likeness (QED) is 0.351. The molecule has 0 bridgehead atoms. The summed E-state index contributed by atoms with van der Waals surface area (Å²) in [5.74, 6) is 0.539. The number of benzene rings is 3. The summed E-state index contributed by atoms with van der Waals surface area (Å²) in [7, 11) is 0. The Morgan fingerprint density at radius 3 is 2.49 bits per heavy atom. The summed E-state index contributed by atoms with van der Waals surface area (Å²) in [6, 6.07) is 24.0. The van der Waals surface area contributed by atoms with Crippen molar-refractivity contribution in [2.24, 2.45) is 11.8 Å². The van der Waals surface area contributed by atoms with Gasteiger partial charge in [0.05, 0.1) is 17.9 Å². The van der Waals surface area contributed by atoms with Crippen LogP contribution >= 0.6 is 0 Å². The van der Waals surface area contributed by atoms with Crippen molar-refractivity contribution in [3.05, 3.63) is 90.2 Å². The molecule has 1 saturated carbocycles. The number of anilines is 1. The van der Waals surface area contributed by atoms with Crippen LogP contribution in [-0.2, 0) is 4.79 Å². The Labute approximate surface area is 203 Å². The summed E-state index contributed by atoms with van der Waals surface area (Å²) in [6.45, 7) is 4.52. The molecule has 5 rings (SSSR count). The van der Waals surface area contributed by atoms with Gasteiger partial charge in [-0.05, 0) is 60.2 Å². The van der Waals surface area contributed by atoms with Crippen LogP contribution in [0.2, 0.25) is 0 Å². The highest BCUT2D eigenvalue weighted by Gasteiger charge is 2.43. The summed E-state index contributed by atoms with van der Waals surface area (Å²) in [6.07, 6.45) is 0.859. The van der Waals surface area contributed by atoms with E-state index in [0.29, 0.717) is 35.3 Å². The number of carbonyl (C=O) groups excluding carboxylic acids is 1. The first-order valence-corrected chi connectivity index (χ1v) is 11.8. The van der Waals surface area contributed by atoms with Gasteiger partial charge in [-0.3, -0.25) is 4.79 Å². The molecule has 35 heavy (non-hydrogen) atoms. The highest BCUT2D eigenvalue weighted by Crippen LogP contribution is 2.47. The lowest BCUT2D eigenvalue weighted by Crippen LogP contribution is -2.14. The summed E-state index contributed by atoms with van der Waals surface area (Å²) >= 11 is 0. The molecule has 6 nitrogen and oxygen atoms in total. The molecule has 7 heteroatoms. The fourth-order valence-corrected chi connectivity index (χ4v) is 4.07. The molecule has 1 aliphatic rings. The van der Waals surface area contributed by atoms with E-state index in [1.807, 2.05) is 56.3 Å². The second-order valence-electron chi connectivity index (χ2n) is 9.21. The maximum atomic E-state index is 14.6. The lowest BCUT2D eigenvalue weighted by molar-refractivity contribution is -0.117. The topological polar surface area (TPSA) is 69.0 Å². The van der Waals surface area contributed by atoms with E-state index in [0.717, 1.165) is 6.42 Å². The lowest BCUT2D eigenvalue weighted by Gasteiger charge is -2.09. The zero-order valence-electron chi connectivity index (χ0n) is 19.7. The number of halogens is 1. The van der Waals surface area contributed by atoms with Gasteiger partial charge in [-0.25, -0.2) is 9.07 Å². The number of hydrogen-bond donors (Lipinski definition) is 1. The number of carbonyl (C=O) groups is 1. The minimum absolute atomic E-state index is 0.0132. The normalized spacial score (nSPS) is 16.8. The number of ether oxygens (including phenoxy) is 1. The molecule has 1 amide bonds. The van der Waals surface area contributed by atoms with E-state index < -0.39 is 5.82 Å². The molecule has 4 aromatic rings. The van der Waals surface area contributed by atoms with Crippen molar-refractivity contribution in [3.8, 4) is 23.1 Å². The Bertz CT molecular complexity index is 1320. The molecule has 1 unspecified atom stereocenters. The predicted octanol–water partition coefficient (Wildman–Crippen LogP) is 5.85. The monoisotopic (exact) mass is 470 g/mol. The van der Waals surface area contributed by atoms with E-state index in [9.17, 15) is 9.18 Å². The zero-order valence-corrected chi connectivity index (χ0v) is 19.7. The van der Waals surface area contributed by atoms with E-state index in [-0.39, 0.29) is 23.8 Å². The van der Waals surface area contributed by atoms with Gasteiger partial charge in [0.1, 0.15) is 5.82 Å². The van der Waals surface area contributed by atoms with Crippen molar-refractivity contribution >= 4 is 11.6 Å². The van der Waals surface area contributed by atoms with E-state index in [2.05, 4.69) is 27.5 Å². The fourth-order valence-electron chi connectivity index (χ4n) is 4.07. The number of amides is 1. The smallest absolute Gasteiger partial charge is 0.336 e.